The molecule has 1 aromatic heterocycles. The lowest BCUT2D eigenvalue weighted by Crippen LogP contribution is -2.42. The Morgan fingerprint density at radius 3 is 2.64 bits per heavy atom. The van der Waals surface area contributed by atoms with Crippen LogP contribution in [0.4, 0.5) is 0 Å². The van der Waals surface area contributed by atoms with Crippen molar-refractivity contribution in [3.8, 4) is 11.5 Å². The lowest BCUT2D eigenvalue weighted by molar-refractivity contribution is 0.0622. The monoisotopic (exact) mass is 382 g/mol. The first kappa shape index (κ1) is 17.6. The van der Waals surface area contributed by atoms with Gasteiger partial charge in [0.05, 0.1) is 7.11 Å². The highest BCUT2D eigenvalue weighted by molar-refractivity contribution is 5.92. The van der Waals surface area contributed by atoms with E-state index in [2.05, 4.69) is 10.1 Å². The van der Waals surface area contributed by atoms with Crippen LogP contribution in [-0.4, -0.2) is 35.7 Å². The molecular formula is C22H26N2O4. The van der Waals surface area contributed by atoms with Gasteiger partial charge in [-0.15, -0.1) is 0 Å². The maximum absolute atomic E-state index is 13.1. The molecule has 4 fully saturated rings. The second-order valence-corrected chi connectivity index (χ2v) is 8.53. The topological polar surface area (TPSA) is 64.8 Å². The van der Waals surface area contributed by atoms with Crippen LogP contribution in [0, 0.1) is 17.8 Å². The van der Waals surface area contributed by atoms with Crippen LogP contribution in [0.15, 0.2) is 34.9 Å². The van der Waals surface area contributed by atoms with Crippen molar-refractivity contribution in [2.24, 2.45) is 17.8 Å². The maximum atomic E-state index is 13.1. The largest absolute Gasteiger partial charge is 0.497 e. The summed E-state index contributed by atoms with van der Waals surface area (Å²) >= 11 is 0. The zero-order valence-corrected chi connectivity index (χ0v) is 16.2. The number of benzene rings is 1. The van der Waals surface area contributed by atoms with E-state index in [0.717, 1.165) is 37.0 Å². The molecule has 4 aliphatic rings. The van der Waals surface area contributed by atoms with Gasteiger partial charge in [0.2, 0.25) is 0 Å². The van der Waals surface area contributed by atoms with E-state index in [1.165, 1.54) is 19.3 Å². The number of fused-ring (bicyclic) bond motifs is 1. The van der Waals surface area contributed by atoms with E-state index in [0.29, 0.717) is 29.2 Å². The van der Waals surface area contributed by atoms with E-state index < -0.39 is 0 Å². The standard InChI is InChI=1S/C22H26N2O4/c1-26-18-3-2-4-19(10-18)27-13-20-11-21(23-28-20)22(25)24-12-16-6-14-5-15(7-16)9-17(24)8-14/h2-4,10-11,14-17H,5-9,12-13H2,1H3/t14-,15+,16?,17?. The van der Waals surface area contributed by atoms with Gasteiger partial charge in [0.25, 0.3) is 5.91 Å². The molecule has 2 saturated carbocycles. The summed E-state index contributed by atoms with van der Waals surface area (Å²) < 4.78 is 16.3. The van der Waals surface area contributed by atoms with Crippen molar-refractivity contribution in [2.45, 2.75) is 44.8 Å². The van der Waals surface area contributed by atoms with Crippen molar-refractivity contribution in [2.75, 3.05) is 13.7 Å². The van der Waals surface area contributed by atoms with Gasteiger partial charge in [0.1, 0.15) is 18.1 Å². The molecule has 4 bridgehead atoms. The molecule has 0 N–H and O–H groups in total. The van der Waals surface area contributed by atoms with Crippen LogP contribution in [0.3, 0.4) is 0 Å². The van der Waals surface area contributed by atoms with E-state index >= 15 is 0 Å². The first-order valence-electron chi connectivity index (χ1n) is 10.2. The molecule has 148 valence electrons. The second kappa shape index (κ2) is 7.15. The quantitative estimate of drug-likeness (QED) is 0.784. The van der Waals surface area contributed by atoms with Gasteiger partial charge in [-0.1, -0.05) is 11.2 Å². The summed E-state index contributed by atoms with van der Waals surface area (Å²) in [5.74, 6) is 4.25. The third-order valence-electron chi connectivity index (χ3n) is 6.57. The highest BCUT2D eigenvalue weighted by atomic mass is 16.5. The van der Waals surface area contributed by atoms with Crippen molar-refractivity contribution < 1.29 is 18.8 Å². The third kappa shape index (κ3) is 3.36. The Hall–Kier alpha value is -2.50. The molecule has 1 amide bonds. The summed E-state index contributed by atoms with van der Waals surface area (Å²) in [5, 5.41) is 4.04. The molecule has 6 nitrogen and oxygen atoms in total. The highest BCUT2D eigenvalue weighted by Crippen LogP contribution is 2.47. The molecule has 28 heavy (non-hydrogen) atoms. The van der Waals surface area contributed by atoms with Gasteiger partial charge in [-0.3, -0.25) is 4.79 Å². The predicted octanol–water partition coefficient (Wildman–Crippen LogP) is 3.91. The fourth-order valence-electron chi connectivity index (χ4n) is 5.51. The highest BCUT2D eigenvalue weighted by Gasteiger charge is 2.44. The van der Waals surface area contributed by atoms with Crippen molar-refractivity contribution in [3.05, 3.63) is 41.8 Å². The molecule has 0 radical (unpaired) electrons. The Kier molecular flexibility index (Phi) is 4.49. The van der Waals surface area contributed by atoms with Crippen molar-refractivity contribution >= 4 is 5.91 Å². The minimum atomic E-state index is 0.00887. The number of carbonyl (C=O) groups is 1. The average molecular weight is 382 g/mol. The Morgan fingerprint density at radius 1 is 1.11 bits per heavy atom. The van der Waals surface area contributed by atoms with Gasteiger partial charge < -0.3 is 18.9 Å². The number of amides is 1. The van der Waals surface area contributed by atoms with Crippen LogP contribution in [0.2, 0.25) is 0 Å². The third-order valence-corrected chi connectivity index (χ3v) is 6.57. The molecule has 4 atom stereocenters. The summed E-state index contributed by atoms with van der Waals surface area (Å²) in [6.07, 6.45) is 6.25. The summed E-state index contributed by atoms with van der Waals surface area (Å²) in [5.41, 5.74) is 0.394. The normalized spacial score (nSPS) is 28.2. The van der Waals surface area contributed by atoms with Gasteiger partial charge in [-0.05, 0) is 62.0 Å². The van der Waals surface area contributed by atoms with E-state index in [1.54, 1.807) is 13.2 Å². The molecule has 1 aromatic carbocycles. The molecule has 2 aliphatic carbocycles. The number of carbonyl (C=O) groups excluding carboxylic acids is 1. The van der Waals surface area contributed by atoms with Crippen molar-refractivity contribution in [1.29, 1.82) is 0 Å². The van der Waals surface area contributed by atoms with Crippen molar-refractivity contribution in [1.82, 2.24) is 10.1 Å². The van der Waals surface area contributed by atoms with Crippen molar-refractivity contribution in [3.63, 3.8) is 0 Å². The van der Waals surface area contributed by atoms with Gasteiger partial charge >= 0.3 is 0 Å². The summed E-state index contributed by atoms with van der Waals surface area (Å²) in [4.78, 5) is 15.2. The molecule has 2 saturated heterocycles. The van der Waals surface area contributed by atoms with E-state index in [1.807, 2.05) is 24.3 Å². The minimum absolute atomic E-state index is 0.00887. The van der Waals surface area contributed by atoms with Gasteiger partial charge in [0.15, 0.2) is 11.5 Å². The fourth-order valence-corrected chi connectivity index (χ4v) is 5.51. The molecule has 3 heterocycles. The molecular weight excluding hydrogens is 356 g/mol. The van der Waals surface area contributed by atoms with Crippen LogP contribution >= 0.6 is 0 Å². The lowest BCUT2D eigenvalue weighted by Gasteiger charge is -2.38. The maximum Gasteiger partial charge on any atom is 0.276 e. The fraction of sp³-hybridized carbons (Fsp3) is 0.545. The number of methoxy groups -OCH3 is 1. The summed E-state index contributed by atoms with van der Waals surface area (Å²) in [7, 11) is 1.62. The second-order valence-electron chi connectivity index (χ2n) is 8.53. The van der Waals surface area contributed by atoms with Crippen LogP contribution in [-0.2, 0) is 6.61 Å². The first-order valence-corrected chi connectivity index (χ1v) is 10.2. The first-order chi connectivity index (χ1) is 13.7. The van der Waals surface area contributed by atoms with E-state index in [-0.39, 0.29) is 12.5 Å². The molecule has 2 aromatic rings. The number of ether oxygens (including phenoxy) is 2. The molecule has 0 spiro atoms. The number of aromatic nitrogens is 1. The molecule has 2 unspecified atom stereocenters. The molecule has 2 aliphatic heterocycles. The predicted molar refractivity (Wildman–Crippen MR) is 102 cm³/mol. The molecule has 6 heteroatoms. The zero-order chi connectivity index (χ0) is 19.1. The van der Waals surface area contributed by atoms with Crippen LogP contribution in [0.1, 0.15) is 48.4 Å². The smallest absolute Gasteiger partial charge is 0.276 e. The Labute approximate surface area is 164 Å². The summed E-state index contributed by atoms with van der Waals surface area (Å²) in [6.45, 7) is 1.10. The van der Waals surface area contributed by atoms with Crippen LogP contribution in [0.25, 0.3) is 0 Å². The SMILES string of the molecule is COc1cccc(OCc2cc(C(=O)N3CC4C[C@@H]5CC3C[C@H](C4)C5)no2)c1. The van der Waals surface area contributed by atoms with Gasteiger partial charge in [-0.2, -0.15) is 0 Å². The minimum Gasteiger partial charge on any atom is -0.497 e. The summed E-state index contributed by atoms with van der Waals surface area (Å²) in [6, 6.07) is 9.49. The van der Waals surface area contributed by atoms with E-state index in [9.17, 15) is 4.79 Å². The van der Waals surface area contributed by atoms with E-state index in [4.69, 9.17) is 14.0 Å². The Morgan fingerprint density at radius 2 is 1.86 bits per heavy atom. The van der Waals surface area contributed by atoms with Crippen LogP contribution < -0.4 is 9.47 Å². The Bertz CT molecular complexity index is 850. The number of hydrogen-bond acceptors (Lipinski definition) is 5. The zero-order valence-electron chi connectivity index (χ0n) is 16.2. The number of nitrogens with zero attached hydrogens (tertiary/aromatic N) is 2. The number of hydrogen-bond donors (Lipinski definition) is 0. The average Bonchev–Trinajstić information content (AvgIpc) is 3.09. The van der Waals surface area contributed by atoms with Crippen LogP contribution in [0.5, 0.6) is 11.5 Å². The lowest BCUT2D eigenvalue weighted by atomic mass is 9.68. The molecule has 6 rings (SSSR count). The van der Waals surface area contributed by atoms with Gasteiger partial charge in [-0.25, -0.2) is 0 Å². The Balaban J connectivity index is 1.26. The van der Waals surface area contributed by atoms with Gasteiger partial charge in [0, 0.05) is 24.7 Å². The number of rotatable bonds is 5.